The molecular formula is C10H15Cl2N3O. The summed E-state index contributed by atoms with van der Waals surface area (Å²) in [4.78, 5) is 17.7. The largest absolute Gasteiger partial charge is 0.362 e. The zero-order chi connectivity index (χ0) is 12.2. The van der Waals surface area contributed by atoms with Gasteiger partial charge in [0.05, 0.1) is 11.9 Å². The van der Waals surface area contributed by atoms with Gasteiger partial charge in [-0.1, -0.05) is 25.4 Å². The second-order valence-electron chi connectivity index (χ2n) is 3.64. The van der Waals surface area contributed by atoms with Crippen LogP contribution in [0, 0.1) is 0 Å². The van der Waals surface area contributed by atoms with Crippen LogP contribution in [0.25, 0.3) is 0 Å². The zero-order valence-electron chi connectivity index (χ0n) is 9.31. The highest BCUT2D eigenvalue weighted by Crippen LogP contribution is 2.25. The van der Waals surface area contributed by atoms with E-state index in [2.05, 4.69) is 15.3 Å². The Kier molecular flexibility index (Phi) is 4.62. The van der Waals surface area contributed by atoms with Gasteiger partial charge in [-0.3, -0.25) is 4.79 Å². The van der Waals surface area contributed by atoms with Gasteiger partial charge in [0, 0.05) is 5.88 Å². The minimum atomic E-state index is -0.352. The lowest BCUT2D eigenvalue weighted by atomic mass is 9.95. The third kappa shape index (κ3) is 2.68. The molecular weight excluding hydrogens is 249 g/mol. The predicted octanol–water partition coefficient (Wildman–Crippen LogP) is 2.63. The summed E-state index contributed by atoms with van der Waals surface area (Å²) in [6, 6.07) is 0. The predicted molar refractivity (Wildman–Crippen MR) is 67.5 cm³/mol. The molecule has 0 saturated carbocycles. The van der Waals surface area contributed by atoms with Crippen LogP contribution in [0.1, 0.15) is 26.7 Å². The fraction of sp³-hybridized carbons (Fsp3) is 0.600. The number of hydrogen-bond acceptors (Lipinski definition) is 3. The number of aromatic nitrogens is 2. The summed E-state index contributed by atoms with van der Waals surface area (Å²) in [6.07, 6.45) is 2.98. The van der Waals surface area contributed by atoms with Crippen LogP contribution in [-0.2, 0) is 0 Å². The normalized spacial score (nSPS) is 11.5. The summed E-state index contributed by atoms with van der Waals surface area (Å²) in [5.41, 5.74) is -0.624. The number of alkyl halides is 1. The number of halogens is 2. The molecule has 6 heteroatoms. The van der Waals surface area contributed by atoms with Crippen molar-refractivity contribution in [2.75, 3.05) is 11.2 Å². The van der Waals surface area contributed by atoms with Gasteiger partial charge in [0.15, 0.2) is 5.82 Å². The molecule has 0 bridgehead atoms. The quantitative estimate of drug-likeness (QED) is 0.804. The monoisotopic (exact) mass is 263 g/mol. The summed E-state index contributed by atoms with van der Waals surface area (Å²) in [6.45, 7) is 4.06. The van der Waals surface area contributed by atoms with Crippen molar-refractivity contribution in [3.8, 4) is 0 Å². The van der Waals surface area contributed by atoms with Crippen LogP contribution in [0.15, 0.2) is 11.1 Å². The van der Waals surface area contributed by atoms with Gasteiger partial charge in [-0.05, 0) is 12.8 Å². The van der Waals surface area contributed by atoms with Gasteiger partial charge in [0.1, 0.15) is 5.02 Å². The molecule has 0 aromatic carbocycles. The van der Waals surface area contributed by atoms with E-state index in [4.69, 9.17) is 23.2 Å². The third-order valence-corrected chi connectivity index (χ3v) is 3.65. The smallest absolute Gasteiger partial charge is 0.271 e. The molecule has 0 saturated heterocycles. The van der Waals surface area contributed by atoms with E-state index in [-0.39, 0.29) is 16.1 Å². The third-order valence-electron chi connectivity index (χ3n) is 2.79. The first-order valence-corrected chi connectivity index (χ1v) is 6.07. The van der Waals surface area contributed by atoms with Gasteiger partial charge in [-0.25, -0.2) is 4.98 Å². The first kappa shape index (κ1) is 13.3. The van der Waals surface area contributed by atoms with Gasteiger partial charge >= 0.3 is 0 Å². The van der Waals surface area contributed by atoms with Gasteiger partial charge in [0.2, 0.25) is 0 Å². The molecule has 0 radical (unpaired) electrons. The lowest BCUT2D eigenvalue weighted by Gasteiger charge is -2.31. The lowest BCUT2D eigenvalue weighted by Crippen LogP contribution is -2.39. The van der Waals surface area contributed by atoms with Crippen molar-refractivity contribution < 1.29 is 0 Å². The van der Waals surface area contributed by atoms with Crippen LogP contribution < -0.4 is 10.9 Å². The molecule has 1 heterocycles. The highest BCUT2D eigenvalue weighted by Gasteiger charge is 2.26. The second kappa shape index (κ2) is 5.55. The number of nitrogens with zero attached hydrogens (tertiary/aromatic N) is 1. The summed E-state index contributed by atoms with van der Waals surface area (Å²) < 4.78 is 0. The van der Waals surface area contributed by atoms with Crippen molar-refractivity contribution in [2.45, 2.75) is 32.2 Å². The minimum Gasteiger partial charge on any atom is -0.362 e. The van der Waals surface area contributed by atoms with Crippen LogP contribution in [0.4, 0.5) is 5.82 Å². The number of anilines is 1. The Morgan fingerprint density at radius 2 is 2.12 bits per heavy atom. The number of hydrogen-bond donors (Lipinski definition) is 2. The molecule has 0 aliphatic carbocycles. The number of rotatable bonds is 5. The first-order chi connectivity index (χ1) is 7.58. The fourth-order valence-electron chi connectivity index (χ4n) is 1.37. The maximum Gasteiger partial charge on any atom is 0.271 e. The molecule has 1 rings (SSSR count). The Balaban J connectivity index is 3.03. The van der Waals surface area contributed by atoms with E-state index >= 15 is 0 Å². The van der Waals surface area contributed by atoms with Crippen LogP contribution in [0.3, 0.4) is 0 Å². The van der Waals surface area contributed by atoms with Crippen LogP contribution >= 0.6 is 23.2 Å². The SMILES string of the molecule is CCC(CC)(CCl)Nc1nc[nH]c(=O)c1Cl. The van der Waals surface area contributed by atoms with Crippen molar-refractivity contribution in [2.24, 2.45) is 0 Å². The molecule has 0 unspecified atom stereocenters. The van der Waals surface area contributed by atoms with Crippen LogP contribution in [-0.4, -0.2) is 21.4 Å². The van der Waals surface area contributed by atoms with Crippen molar-refractivity contribution in [1.29, 1.82) is 0 Å². The standard InChI is InChI=1S/C10H15Cl2N3O/c1-3-10(4-2,5-11)15-8-7(12)9(16)14-6-13-8/h6H,3-5H2,1-2H3,(H2,13,14,15,16). The topological polar surface area (TPSA) is 57.8 Å². The maximum absolute atomic E-state index is 11.3. The van der Waals surface area contributed by atoms with E-state index < -0.39 is 0 Å². The Hall–Kier alpha value is -0.740. The first-order valence-electron chi connectivity index (χ1n) is 5.16. The van der Waals surface area contributed by atoms with Crippen molar-refractivity contribution in [3.63, 3.8) is 0 Å². The van der Waals surface area contributed by atoms with Crippen LogP contribution in [0.5, 0.6) is 0 Å². The molecule has 16 heavy (non-hydrogen) atoms. The van der Waals surface area contributed by atoms with E-state index in [1.165, 1.54) is 6.33 Å². The van der Waals surface area contributed by atoms with Gasteiger partial charge < -0.3 is 10.3 Å². The summed E-state index contributed by atoms with van der Waals surface area (Å²) in [5.74, 6) is 0.819. The average Bonchev–Trinajstić information content (AvgIpc) is 2.32. The second-order valence-corrected chi connectivity index (χ2v) is 4.29. The average molecular weight is 264 g/mol. The zero-order valence-corrected chi connectivity index (χ0v) is 10.8. The molecule has 1 aromatic heterocycles. The molecule has 2 N–H and O–H groups in total. The molecule has 1 aromatic rings. The summed E-state index contributed by atoms with van der Waals surface area (Å²) >= 11 is 11.8. The summed E-state index contributed by atoms with van der Waals surface area (Å²) in [5, 5.41) is 3.22. The molecule has 0 amide bonds. The van der Waals surface area contributed by atoms with Crippen molar-refractivity contribution in [1.82, 2.24) is 9.97 Å². The Labute approximate surface area is 104 Å². The Morgan fingerprint density at radius 1 is 1.50 bits per heavy atom. The van der Waals surface area contributed by atoms with E-state index in [9.17, 15) is 4.79 Å². The van der Waals surface area contributed by atoms with E-state index in [0.29, 0.717) is 11.7 Å². The molecule has 0 aliphatic heterocycles. The number of H-pyrrole nitrogens is 1. The number of nitrogens with one attached hydrogen (secondary N) is 2. The molecule has 0 atom stereocenters. The van der Waals surface area contributed by atoms with Gasteiger partial charge in [-0.15, -0.1) is 11.6 Å². The van der Waals surface area contributed by atoms with Crippen molar-refractivity contribution >= 4 is 29.0 Å². The minimum absolute atomic E-state index is 0.0684. The van der Waals surface area contributed by atoms with Gasteiger partial charge in [0.25, 0.3) is 5.56 Å². The van der Waals surface area contributed by atoms with Crippen molar-refractivity contribution in [3.05, 3.63) is 21.7 Å². The molecule has 0 spiro atoms. The molecule has 4 nitrogen and oxygen atoms in total. The summed E-state index contributed by atoms with van der Waals surface area (Å²) in [7, 11) is 0. The van der Waals surface area contributed by atoms with E-state index in [1.807, 2.05) is 13.8 Å². The molecule has 0 aliphatic rings. The highest BCUT2D eigenvalue weighted by atomic mass is 35.5. The van der Waals surface area contributed by atoms with Crippen LogP contribution in [0.2, 0.25) is 5.02 Å². The van der Waals surface area contributed by atoms with Gasteiger partial charge in [-0.2, -0.15) is 0 Å². The van der Waals surface area contributed by atoms with E-state index in [0.717, 1.165) is 12.8 Å². The highest BCUT2D eigenvalue weighted by molar-refractivity contribution is 6.32. The number of aromatic amines is 1. The maximum atomic E-state index is 11.3. The fourth-order valence-corrected chi connectivity index (χ4v) is 1.97. The molecule has 0 fully saturated rings. The lowest BCUT2D eigenvalue weighted by molar-refractivity contribution is 0.482. The Bertz CT molecular complexity index is 393. The van der Waals surface area contributed by atoms with E-state index in [1.54, 1.807) is 0 Å². The Morgan fingerprint density at radius 3 is 2.62 bits per heavy atom. The molecule has 90 valence electrons.